The van der Waals surface area contributed by atoms with Crippen molar-refractivity contribution >= 4 is 5.82 Å². The summed E-state index contributed by atoms with van der Waals surface area (Å²) in [7, 11) is 0. The molecule has 3 rings (SSSR count). The zero-order valence-corrected chi connectivity index (χ0v) is 10.5. The van der Waals surface area contributed by atoms with E-state index >= 15 is 0 Å². The number of rotatable bonds is 1. The Hall–Kier alpha value is -1.29. The number of nitrogens with zero attached hydrogens (tertiary/aromatic N) is 3. The molecule has 1 fully saturated rings. The molecule has 17 heavy (non-hydrogen) atoms. The van der Waals surface area contributed by atoms with Gasteiger partial charge in [0.2, 0.25) is 0 Å². The molecular formula is C13H19N3O. The van der Waals surface area contributed by atoms with E-state index in [0.29, 0.717) is 12.1 Å². The van der Waals surface area contributed by atoms with E-state index in [1.54, 1.807) is 0 Å². The van der Waals surface area contributed by atoms with Crippen molar-refractivity contribution in [2.24, 2.45) is 0 Å². The standard InChI is InChI=1S/C13H19N3O/c1-10(2)15-8-11-5-7-17-12-4-3-6-14-13(12)16(11)9-15/h3-4,6,10-11H,5,7-9H2,1-2H3. The molecule has 0 N–H and O–H groups in total. The van der Waals surface area contributed by atoms with Crippen LogP contribution in [-0.4, -0.2) is 41.8 Å². The van der Waals surface area contributed by atoms with Gasteiger partial charge in [0.15, 0.2) is 11.6 Å². The predicted molar refractivity (Wildman–Crippen MR) is 67.3 cm³/mol. The number of pyridine rings is 1. The van der Waals surface area contributed by atoms with Gasteiger partial charge in [-0.25, -0.2) is 4.98 Å². The molecule has 4 nitrogen and oxygen atoms in total. The fourth-order valence-corrected chi connectivity index (χ4v) is 2.61. The number of fused-ring (bicyclic) bond motifs is 3. The van der Waals surface area contributed by atoms with Crippen LogP contribution in [0.1, 0.15) is 20.3 Å². The van der Waals surface area contributed by atoms with E-state index in [1.807, 2.05) is 18.3 Å². The third-order valence-electron chi connectivity index (χ3n) is 3.68. The summed E-state index contributed by atoms with van der Waals surface area (Å²) in [4.78, 5) is 9.38. The number of ether oxygens (including phenoxy) is 1. The quantitative estimate of drug-likeness (QED) is 0.738. The van der Waals surface area contributed by atoms with Gasteiger partial charge in [0.1, 0.15) is 0 Å². The molecule has 3 heterocycles. The smallest absolute Gasteiger partial charge is 0.172 e. The van der Waals surface area contributed by atoms with E-state index in [2.05, 4.69) is 28.6 Å². The Labute approximate surface area is 102 Å². The summed E-state index contributed by atoms with van der Waals surface area (Å²) in [6.07, 6.45) is 2.93. The summed E-state index contributed by atoms with van der Waals surface area (Å²) in [5.74, 6) is 1.94. The first kappa shape index (κ1) is 10.8. The third kappa shape index (κ3) is 1.86. The van der Waals surface area contributed by atoms with Gasteiger partial charge in [-0.15, -0.1) is 0 Å². The lowest BCUT2D eigenvalue weighted by molar-refractivity contribution is 0.258. The SMILES string of the molecule is CC(C)N1CC2CCOc3cccnc3N2C1. The van der Waals surface area contributed by atoms with Gasteiger partial charge in [0.25, 0.3) is 0 Å². The zero-order valence-electron chi connectivity index (χ0n) is 10.5. The van der Waals surface area contributed by atoms with E-state index in [9.17, 15) is 0 Å². The first-order chi connectivity index (χ1) is 8.25. The van der Waals surface area contributed by atoms with Crippen molar-refractivity contribution in [1.82, 2.24) is 9.88 Å². The van der Waals surface area contributed by atoms with Crippen molar-refractivity contribution in [3.8, 4) is 5.75 Å². The van der Waals surface area contributed by atoms with Crippen LogP contribution in [0.5, 0.6) is 5.75 Å². The second-order valence-corrected chi connectivity index (χ2v) is 5.09. The monoisotopic (exact) mass is 233 g/mol. The predicted octanol–water partition coefficient (Wildman–Crippen LogP) is 1.72. The molecule has 2 aliphatic rings. The fourth-order valence-electron chi connectivity index (χ4n) is 2.61. The second kappa shape index (κ2) is 4.18. The summed E-state index contributed by atoms with van der Waals surface area (Å²) in [6.45, 7) is 7.39. The lowest BCUT2D eigenvalue weighted by atomic mass is 10.2. The van der Waals surface area contributed by atoms with Crippen LogP contribution in [0, 0.1) is 0 Å². The molecule has 1 unspecified atom stereocenters. The topological polar surface area (TPSA) is 28.6 Å². The first-order valence-corrected chi connectivity index (χ1v) is 6.34. The minimum absolute atomic E-state index is 0.550. The summed E-state index contributed by atoms with van der Waals surface area (Å²) in [6, 6.07) is 5.10. The summed E-state index contributed by atoms with van der Waals surface area (Å²) in [5.41, 5.74) is 0. The lowest BCUT2D eigenvalue weighted by Gasteiger charge is -2.23. The van der Waals surface area contributed by atoms with Crippen molar-refractivity contribution in [2.75, 3.05) is 24.7 Å². The zero-order chi connectivity index (χ0) is 11.8. The summed E-state index contributed by atoms with van der Waals surface area (Å²) >= 11 is 0. The highest BCUT2D eigenvalue weighted by Gasteiger charge is 2.35. The Bertz CT molecular complexity index is 407. The van der Waals surface area contributed by atoms with E-state index in [0.717, 1.165) is 37.8 Å². The maximum atomic E-state index is 5.76. The van der Waals surface area contributed by atoms with Gasteiger partial charge in [0, 0.05) is 31.2 Å². The van der Waals surface area contributed by atoms with Crippen LogP contribution in [0.15, 0.2) is 18.3 Å². The molecule has 0 aromatic carbocycles. The molecule has 1 saturated heterocycles. The number of aromatic nitrogens is 1. The van der Waals surface area contributed by atoms with Crippen LogP contribution >= 0.6 is 0 Å². The lowest BCUT2D eigenvalue weighted by Crippen LogP contribution is -2.31. The van der Waals surface area contributed by atoms with E-state index in [4.69, 9.17) is 4.74 Å². The molecule has 0 aliphatic carbocycles. The average Bonchev–Trinajstić information content (AvgIpc) is 2.67. The minimum Gasteiger partial charge on any atom is -0.490 e. The molecule has 2 aliphatic heterocycles. The first-order valence-electron chi connectivity index (χ1n) is 6.34. The van der Waals surface area contributed by atoms with Gasteiger partial charge in [-0.05, 0) is 26.0 Å². The van der Waals surface area contributed by atoms with E-state index in [-0.39, 0.29) is 0 Å². The van der Waals surface area contributed by atoms with Gasteiger partial charge >= 0.3 is 0 Å². The highest BCUT2D eigenvalue weighted by Crippen LogP contribution is 2.34. The van der Waals surface area contributed by atoms with Gasteiger partial charge in [-0.1, -0.05) is 0 Å². The highest BCUT2D eigenvalue weighted by atomic mass is 16.5. The van der Waals surface area contributed by atoms with E-state index < -0.39 is 0 Å². The maximum absolute atomic E-state index is 5.76. The Balaban J connectivity index is 1.92. The Morgan fingerprint density at radius 2 is 2.35 bits per heavy atom. The van der Waals surface area contributed by atoms with Crippen molar-refractivity contribution in [2.45, 2.75) is 32.4 Å². The normalized spacial score (nSPS) is 24.2. The molecule has 0 bridgehead atoms. The van der Waals surface area contributed by atoms with Crippen LogP contribution < -0.4 is 9.64 Å². The summed E-state index contributed by atoms with van der Waals surface area (Å²) in [5, 5.41) is 0. The van der Waals surface area contributed by atoms with Crippen LogP contribution in [0.25, 0.3) is 0 Å². The van der Waals surface area contributed by atoms with Gasteiger partial charge < -0.3 is 9.64 Å². The fraction of sp³-hybridized carbons (Fsp3) is 0.615. The number of anilines is 1. The van der Waals surface area contributed by atoms with Crippen LogP contribution in [0.4, 0.5) is 5.82 Å². The van der Waals surface area contributed by atoms with Gasteiger partial charge in [-0.2, -0.15) is 0 Å². The Kier molecular flexibility index (Phi) is 2.67. The molecule has 1 atom stereocenters. The van der Waals surface area contributed by atoms with Crippen LogP contribution in [0.2, 0.25) is 0 Å². The molecular weight excluding hydrogens is 214 g/mol. The Morgan fingerprint density at radius 3 is 3.18 bits per heavy atom. The van der Waals surface area contributed by atoms with Crippen molar-refractivity contribution in [3.63, 3.8) is 0 Å². The number of hydrogen-bond acceptors (Lipinski definition) is 4. The maximum Gasteiger partial charge on any atom is 0.172 e. The summed E-state index contributed by atoms with van der Waals surface area (Å²) < 4.78 is 5.76. The molecule has 1 aromatic rings. The molecule has 1 aromatic heterocycles. The van der Waals surface area contributed by atoms with Crippen LogP contribution in [0.3, 0.4) is 0 Å². The van der Waals surface area contributed by atoms with E-state index in [1.165, 1.54) is 0 Å². The number of hydrogen-bond donors (Lipinski definition) is 0. The minimum atomic E-state index is 0.550. The Morgan fingerprint density at radius 1 is 1.47 bits per heavy atom. The van der Waals surface area contributed by atoms with Gasteiger partial charge in [0.05, 0.1) is 13.3 Å². The third-order valence-corrected chi connectivity index (χ3v) is 3.68. The van der Waals surface area contributed by atoms with Gasteiger partial charge in [-0.3, -0.25) is 4.90 Å². The van der Waals surface area contributed by atoms with Crippen molar-refractivity contribution in [1.29, 1.82) is 0 Å². The van der Waals surface area contributed by atoms with Crippen LogP contribution in [-0.2, 0) is 0 Å². The van der Waals surface area contributed by atoms with Crippen molar-refractivity contribution < 1.29 is 4.74 Å². The molecule has 4 heteroatoms. The largest absolute Gasteiger partial charge is 0.490 e. The average molecular weight is 233 g/mol. The molecule has 92 valence electrons. The molecule has 0 radical (unpaired) electrons. The molecule has 0 amide bonds. The molecule has 0 spiro atoms. The molecule has 0 saturated carbocycles. The highest BCUT2D eigenvalue weighted by molar-refractivity contribution is 5.54. The van der Waals surface area contributed by atoms with Crippen molar-refractivity contribution in [3.05, 3.63) is 18.3 Å². The second-order valence-electron chi connectivity index (χ2n) is 5.09.